The quantitative estimate of drug-likeness (QED) is 0.713. The van der Waals surface area contributed by atoms with Crippen molar-refractivity contribution in [2.45, 2.75) is 26.3 Å². The van der Waals surface area contributed by atoms with Gasteiger partial charge in [0.2, 0.25) is 0 Å². The number of hydrogen-bond donors (Lipinski definition) is 1. The van der Waals surface area contributed by atoms with Crippen LogP contribution in [0.5, 0.6) is 0 Å². The van der Waals surface area contributed by atoms with E-state index in [9.17, 15) is 0 Å². The summed E-state index contributed by atoms with van der Waals surface area (Å²) in [6, 6.07) is 8.27. The highest BCUT2D eigenvalue weighted by Crippen LogP contribution is 2.12. The number of nitrogens with zero attached hydrogens (tertiary/aromatic N) is 1. The second-order valence-electron chi connectivity index (χ2n) is 4.16. The number of benzene rings is 1. The lowest BCUT2D eigenvalue weighted by atomic mass is 9.93. The van der Waals surface area contributed by atoms with E-state index in [4.69, 9.17) is 5.73 Å². The zero-order valence-corrected chi connectivity index (χ0v) is 9.33. The molecule has 0 aliphatic carbocycles. The van der Waals surface area contributed by atoms with E-state index in [1.54, 1.807) is 7.05 Å². The van der Waals surface area contributed by atoms with Gasteiger partial charge in [0.15, 0.2) is 0 Å². The molecule has 1 aromatic rings. The van der Waals surface area contributed by atoms with Gasteiger partial charge in [-0.05, 0) is 26.3 Å². The summed E-state index contributed by atoms with van der Waals surface area (Å²) in [5, 5.41) is 0. The van der Waals surface area contributed by atoms with E-state index in [1.807, 2.05) is 13.8 Å². The van der Waals surface area contributed by atoms with Crippen molar-refractivity contribution < 1.29 is 0 Å². The van der Waals surface area contributed by atoms with Crippen LogP contribution in [-0.4, -0.2) is 18.3 Å². The summed E-state index contributed by atoms with van der Waals surface area (Å²) in [4.78, 5) is 4.25. The van der Waals surface area contributed by atoms with Crippen LogP contribution < -0.4 is 5.73 Å². The topological polar surface area (TPSA) is 38.4 Å². The average molecular weight is 190 g/mol. The highest BCUT2D eigenvalue weighted by Gasteiger charge is 2.19. The van der Waals surface area contributed by atoms with Crippen molar-refractivity contribution in [3.05, 3.63) is 35.4 Å². The normalized spacial score (nSPS) is 13.1. The van der Waals surface area contributed by atoms with Gasteiger partial charge in [0.25, 0.3) is 0 Å². The third-order valence-corrected chi connectivity index (χ3v) is 2.16. The lowest BCUT2D eigenvalue weighted by Gasteiger charge is -2.21. The predicted octanol–water partition coefficient (Wildman–Crippen LogP) is 2.15. The summed E-state index contributed by atoms with van der Waals surface area (Å²) in [7, 11) is 1.78. The summed E-state index contributed by atoms with van der Waals surface area (Å²) in [5.41, 5.74) is 8.94. The molecule has 0 amide bonds. The van der Waals surface area contributed by atoms with Crippen LogP contribution in [0.15, 0.2) is 29.3 Å². The lowest BCUT2D eigenvalue weighted by Crippen LogP contribution is -2.42. The van der Waals surface area contributed by atoms with Gasteiger partial charge in [0.05, 0.1) is 11.3 Å². The Kier molecular flexibility index (Phi) is 3.06. The van der Waals surface area contributed by atoms with E-state index < -0.39 is 0 Å². The minimum absolute atomic E-state index is 0.385. The third-order valence-electron chi connectivity index (χ3n) is 2.16. The molecule has 0 bridgehead atoms. The average Bonchev–Trinajstić information content (AvgIpc) is 2.07. The van der Waals surface area contributed by atoms with Crippen LogP contribution in [-0.2, 0) is 0 Å². The molecule has 0 unspecified atom stereocenters. The van der Waals surface area contributed by atoms with Crippen LogP contribution in [0.25, 0.3) is 0 Å². The molecule has 0 saturated carbocycles. The van der Waals surface area contributed by atoms with Gasteiger partial charge in [-0.2, -0.15) is 0 Å². The molecule has 0 aliphatic rings. The molecule has 1 aromatic carbocycles. The van der Waals surface area contributed by atoms with Crippen LogP contribution in [0.3, 0.4) is 0 Å². The minimum Gasteiger partial charge on any atom is -0.321 e. The van der Waals surface area contributed by atoms with E-state index in [0.29, 0.717) is 0 Å². The van der Waals surface area contributed by atoms with Crippen LogP contribution in [0.2, 0.25) is 0 Å². The number of aryl methyl sites for hydroxylation is 1. The molecule has 2 nitrogen and oxygen atoms in total. The Balaban J connectivity index is 3.10. The van der Waals surface area contributed by atoms with E-state index in [2.05, 4.69) is 36.2 Å². The lowest BCUT2D eigenvalue weighted by molar-refractivity contribution is 0.698. The van der Waals surface area contributed by atoms with Crippen molar-refractivity contribution in [1.29, 1.82) is 0 Å². The fourth-order valence-corrected chi connectivity index (χ4v) is 1.50. The molecule has 0 heterocycles. The molecule has 2 N–H and O–H groups in total. The molecule has 0 radical (unpaired) electrons. The highest BCUT2D eigenvalue weighted by atomic mass is 14.8. The van der Waals surface area contributed by atoms with Crippen molar-refractivity contribution in [1.82, 2.24) is 0 Å². The van der Waals surface area contributed by atoms with Crippen LogP contribution in [0.1, 0.15) is 25.0 Å². The summed E-state index contributed by atoms with van der Waals surface area (Å²) in [6.07, 6.45) is 0. The molecule has 0 saturated heterocycles. The maximum Gasteiger partial charge on any atom is 0.0610 e. The van der Waals surface area contributed by atoms with Gasteiger partial charge in [0.1, 0.15) is 0 Å². The summed E-state index contributed by atoms with van der Waals surface area (Å²) >= 11 is 0. The Morgan fingerprint density at radius 3 is 2.07 bits per heavy atom. The number of rotatable bonds is 2. The van der Waals surface area contributed by atoms with Gasteiger partial charge in [-0.15, -0.1) is 0 Å². The highest BCUT2D eigenvalue weighted by molar-refractivity contribution is 6.06. The Morgan fingerprint density at radius 2 is 1.71 bits per heavy atom. The molecule has 14 heavy (non-hydrogen) atoms. The molecule has 0 aromatic heterocycles. The second kappa shape index (κ2) is 3.93. The molecular weight excluding hydrogens is 172 g/mol. The first-order chi connectivity index (χ1) is 6.45. The molecule has 1 rings (SSSR count). The molecule has 0 atom stereocenters. The third kappa shape index (κ3) is 2.42. The number of hydrogen-bond acceptors (Lipinski definition) is 2. The number of aliphatic imine (C=N–C) groups is 1. The standard InChI is InChI=1S/C12H18N2/c1-9-5-7-10(8-6-9)11(14-4)12(2,3)13/h5-8H,13H2,1-4H3. The first-order valence-corrected chi connectivity index (χ1v) is 4.78. The van der Waals surface area contributed by atoms with Gasteiger partial charge in [-0.3, -0.25) is 4.99 Å². The van der Waals surface area contributed by atoms with E-state index >= 15 is 0 Å². The first-order valence-electron chi connectivity index (χ1n) is 4.78. The van der Waals surface area contributed by atoms with Gasteiger partial charge < -0.3 is 5.73 Å². The van der Waals surface area contributed by atoms with Crippen molar-refractivity contribution in [3.63, 3.8) is 0 Å². The van der Waals surface area contributed by atoms with Crippen LogP contribution in [0, 0.1) is 6.92 Å². The van der Waals surface area contributed by atoms with E-state index in [-0.39, 0.29) is 5.54 Å². The Labute approximate surface area is 85.9 Å². The van der Waals surface area contributed by atoms with Gasteiger partial charge in [0, 0.05) is 7.05 Å². The van der Waals surface area contributed by atoms with Gasteiger partial charge in [-0.1, -0.05) is 29.8 Å². The van der Waals surface area contributed by atoms with Crippen molar-refractivity contribution in [2.75, 3.05) is 7.05 Å². The van der Waals surface area contributed by atoms with Crippen molar-refractivity contribution in [2.24, 2.45) is 10.7 Å². The van der Waals surface area contributed by atoms with E-state index in [0.717, 1.165) is 11.3 Å². The van der Waals surface area contributed by atoms with Gasteiger partial charge in [-0.25, -0.2) is 0 Å². The maximum absolute atomic E-state index is 6.03. The van der Waals surface area contributed by atoms with Crippen LogP contribution >= 0.6 is 0 Å². The molecule has 76 valence electrons. The smallest absolute Gasteiger partial charge is 0.0610 e. The van der Waals surface area contributed by atoms with Crippen LogP contribution in [0.4, 0.5) is 0 Å². The number of nitrogens with two attached hydrogens (primary N) is 1. The minimum atomic E-state index is -0.385. The zero-order valence-electron chi connectivity index (χ0n) is 9.33. The predicted molar refractivity (Wildman–Crippen MR) is 61.9 cm³/mol. The SMILES string of the molecule is CN=C(c1ccc(C)cc1)C(C)(C)N. The summed E-state index contributed by atoms with van der Waals surface area (Å²) in [5.74, 6) is 0. The monoisotopic (exact) mass is 190 g/mol. The largest absolute Gasteiger partial charge is 0.321 e. The molecular formula is C12H18N2. The Morgan fingerprint density at radius 1 is 1.21 bits per heavy atom. The van der Waals surface area contributed by atoms with Gasteiger partial charge >= 0.3 is 0 Å². The maximum atomic E-state index is 6.03. The molecule has 0 fully saturated rings. The first kappa shape index (κ1) is 10.9. The molecule has 2 heteroatoms. The Hall–Kier alpha value is -1.15. The van der Waals surface area contributed by atoms with Crippen molar-refractivity contribution >= 4 is 5.71 Å². The summed E-state index contributed by atoms with van der Waals surface area (Å²) in [6.45, 7) is 6.00. The fourth-order valence-electron chi connectivity index (χ4n) is 1.50. The molecule has 0 aliphatic heterocycles. The van der Waals surface area contributed by atoms with Crippen molar-refractivity contribution in [3.8, 4) is 0 Å². The van der Waals surface area contributed by atoms with E-state index in [1.165, 1.54) is 5.56 Å². The Bertz CT molecular complexity index is 328. The zero-order chi connectivity index (χ0) is 10.8. The fraction of sp³-hybridized carbons (Fsp3) is 0.417. The molecule has 0 spiro atoms. The second-order valence-corrected chi connectivity index (χ2v) is 4.16. The summed E-state index contributed by atoms with van der Waals surface area (Å²) < 4.78 is 0.